The first kappa shape index (κ1) is 29.7. The standard InChI is InChI=1S/C52H33N/c1-3-16-34(17-4-1)46-33-47-51-39-23-8-7-18-35(39)30-31-48(51)53(52(47)45-29-14-9-24-40(45)46)38-22-15-21-37(32-38)50-43-27-12-10-25-41(43)49(36-19-5-2-6-20-36)42-26-11-13-28-44(42)50/h1-33H. The van der Waals surface area contributed by atoms with Crippen LogP contribution in [0.5, 0.6) is 0 Å². The fourth-order valence-electron chi connectivity index (χ4n) is 8.92. The normalized spacial score (nSPS) is 11.8. The van der Waals surface area contributed by atoms with Gasteiger partial charge in [-0.05, 0) is 95.3 Å². The van der Waals surface area contributed by atoms with Gasteiger partial charge in [0.15, 0.2) is 0 Å². The Hall–Kier alpha value is -6.96. The molecule has 0 unspecified atom stereocenters. The largest absolute Gasteiger partial charge is 0.309 e. The van der Waals surface area contributed by atoms with E-state index in [4.69, 9.17) is 0 Å². The van der Waals surface area contributed by atoms with E-state index in [2.05, 4.69) is 205 Å². The number of aromatic nitrogens is 1. The van der Waals surface area contributed by atoms with Crippen LogP contribution < -0.4 is 0 Å². The topological polar surface area (TPSA) is 4.93 Å². The van der Waals surface area contributed by atoms with Crippen LogP contribution in [0.3, 0.4) is 0 Å². The SMILES string of the molecule is c1ccc(-c2c3ccccc3c(-c3cccc(-n4c5ccc6ccccc6c5c5cc(-c6ccccc6)c6ccccc6c54)c3)c3ccccc23)cc1. The zero-order chi connectivity index (χ0) is 34.9. The minimum absolute atomic E-state index is 1.15. The third-order valence-electron chi connectivity index (χ3n) is 11.1. The van der Waals surface area contributed by atoms with Crippen molar-refractivity contribution in [2.45, 2.75) is 0 Å². The number of hydrogen-bond donors (Lipinski definition) is 0. The van der Waals surface area contributed by atoms with E-state index >= 15 is 0 Å². The predicted molar refractivity (Wildman–Crippen MR) is 227 cm³/mol. The summed E-state index contributed by atoms with van der Waals surface area (Å²) < 4.78 is 2.51. The van der Waals surface area contributed by atoms with Crippen molar-refractivity contribution in [3.05, 3.63) is 200 Å². The fraction of sp³-hybridized carbons (Fsp3) is 0. The Balaban J connectivity index is 1.25. The maximum Gasteiger partial charge on any atom is 0.0620 e. The molecule has 0 aliphatic rings. The molecule has 0 fully saturated rings. The van der Waals surface area contributed by atoms with Crippen LogP contribution in [0.1, 0.15) is 0 Å². The highest BCUT2D eigenvalue weighted by molar-refractivity contribution is 6.28. The van der Waals surface area contributed by atoms with Gasteiger partial charge in [-0.3, -0.25) is 0 Å². The Labute approximate surface area is 307 Å². The molecule has 1 nitrogen and oxygen atoms in total. The summed E-state index contributed by atoms with van der Waals surface area (Å²) in [7, 11) is 0. The summed E-state index contributed by atoms with van der Waals surface area (Å²) in [6, 6.07) is 73.5. The van der Waals surface area contributed by atoms with Crippen molar-refractivity contribution in [3.63, 3.8) is 0 Å². The molecule has 0 bridgehead atoms. The summed E-state index contributed by atoms with van der Waals surface area (Å²) in [5, 5.41) is 12.6. The highest BCUT2D eigenvalue weighted by Crippen LogP contribution is 2.46. The highest BCUT2D eigenvalue weighted by atomic mass is 15.0. The zero-order valence-electron chi connectivity index (χ0n) is 29.0. The number of benzene rings is 10. The van der Waals surface area contributed by atoms with Crippen molar-refractivity contribution in [3.8, 4) is 39.1 Å². The molecule has 246 valence electrons. The smallest absolute Gasteiger partial charge is 0.0620 e. The van der Waals surface area contributed by atoms with Gasteiger partial charge in [0.2, 0.25) is 0 Å². The minimum atomic E-state index is 1.15. The number of rotatable bonds is 4. The average Bonchev–Trinajstić information content (AvgIpc) is 3.58. The average molecular weight is 672 g/mol. The van der Waals surface area contributed by atoms with Crippen molar-refractivity contribution in [1.29, 1.82) is 0 Å². The van der Waals surface area contributed by atoms with Crippen molar-refractivity contribution >= 4 is 64.9 Å². The van der Waals surface area contributed by atoms with Gasteiger partial charge in [-0.2, -0.15) is 0 Å². The van der Waals surface area contributed by atoms with Crippen LogP contribution in [-0.4, -0.2) is 4.57 Å². The van der Waals surface area contributed by atoms with E-state index < -0.39 is 0 Å². The lowest BCUT2D eigenvalue weighted by Gasteiger charge is -2.18. The van der Waals surface area contributed by atoms with Gasteiger partial charge in [0.05, 0.1) is 11.0 Å². The first-order valence-electron chi connectivity index (χ1n) is 18.4. The molecular formula is C52H33N. The molecule has 0 amide bonds. The molecule has 0 saturated carbocycles. The monoisotopic (exact) mass is 671 g/mol. The summed E-state index contributed by atoms with van der Waals surface area (Å²) in [5.41, 5.74) is 11.1. The summed E-state index contributed by atoms with van der Waals surface area (Å²) >= 11 is 0. The van der Waals surface area contributed by atoms with Crippen LogP contribution in [0, 0.1) is 0 Å². The second kappa shape index (κ2) is 11.8. The van der Waals surface area contributed by atoms with Gasteiger partial charge >= 0.3 is 0 Å². The predicted octanol–water partition coefficient (Wildman–Crippen LogP) is 14.4. The number of nitrogens with zero attached hydrogens (tertiary/aromatic N) is 1. The molecular weight excluding hydrogens is 639 g/mol. The Kier molecular flexibility index (Phi) is 6.62. The molecule has 1 heteroatoms. The lowest BCUT2D eigenvalue weighted by Crippen LogP contribution is -1.96. The van der Waals surface area contributed by atoms with Crippen molar-refractivity contribution in [2.75, 3.05) is 0 Å². The van der Waals surface area contributed by atoms with Gasteiger partial charge in [-0.1, -0.05) is 176 Å². The second-order valence-electron chi connectivity index (χ2n) is 14.0. The summed E-state index contributed by atoms with van der Waals surface area (Å²) in [4.78, 5) is 0. The molecule has 11 aromatic rings. The zero-order valence-corrected chi connectivity index (χ0v) is 29.0. The molecule has 1 aromatic heterocycles. The van der Waals surface area contributed by atoms with E-state index in [9.17, 15) is 0 Å². The lowest BCUT2D eigenvalue weighted by molar-refractivity contribution is 1.19. The van der Waals surface area contributed by atoms with E-state index in [1.54, 1.807) is 0 Å². The fourth-order valence-corrected chi connectivity index (χ4v) is 8.92. The molecule has 1 heterocycles. The molecule has 0 radical (unpaired) electrons. The Bertz CT molecular complexity index is 3150. The van der Waals surface area contributed by atoms with Gasteiger partial charge in [0, 0.05) is 21.8 Å². The number of fused-ring (bicyclic) bond motifs is 9. The van der Waals surface area contributed by atoms with Gasteiger partial charge in [-0.25, -0.2) is 0 Å². The third-order valence-corrected chi connectivity index (χ3v) is 11.1. The van der Waals surface area contributed by atoms with E-state index in [0.717, 1.165) is 5.69 Å². The van der Waals surface area contributed by atoms with E-state index in [1.165, 1.54) is 98.3 Å². The van der Waals surface area contributed by atoms with E-state index in [0.29, 0.717) is 0 Å². The van der Waals surface area contributed by atoms with Gasteiger partial charge < -0.3 is 4.57 Å². The molecule has 0 aliphatic heterocycles. The summed E-state index contributed by atoms with van der Waals surface area (Å²) in [5.74, 6) is 0. The van der Waals surface area contributed by atoms with Gasteiger partial charge in [-0.15, -0.1) is 0 Å². The molecule has 0 aliphatic carbocycles. The molecule has 0 atom stereocenters. The molecule has 0 spiro atoms. The van der Waals surface area contributed by atoms with Crippen LogP contribution in [0.2, 0.25) is 0 Å². The summed E-state index contributed by atoms with van der Waals surface area (Å²) in [6.45, 7) is 0. The molecule has 11 rings (SSSR count). The molecule has 0 saturated heterocycles. The second-order valence-corrected chi connectivity index (χ2v) is 14.0. The molecule has 53 heavy (non-hydrogen) atoms. The Morgan fingerprint density at radius 1 is 0.302 bits per heavy atom. The molecule has 0 N–H and O–H groups in total. The van der Waals surface area contributed by atoms with Crippen molar-refractivity contribution in [2.24, 2.45) is 0 Å². The first-order chi connectivity index (χ1) is 26.3. The van der Waals surface area contributed by atoms with Crippen molar-refractivity contribution in [1.82, 2.24) is 4.57 Å². The van der Waals surface area contributed by atoms with Crippen LogP contribution in [0.4, 0.5) is 0 Å². The van der Waals surface area contributed by atoms with Gasteiger partial charge in [0.25, 0.3) is 0 Å². The van der Waals surface area contributed by atoms with Crippen LogP contribution in [-0.2, 0) is 0 Å². The van der Waals surface area contributed by atoms with Gasteiger partial charge in [0.1, 0.15) is 0 Å². The Morgan fingerprint density at radius 3 is 1.47 bits per heavy atom. The highest BCUT2D eigenvalue weighted by Gasteiger charge is 2.21. The first-order valence-corrected chi connectivity index (χ1v) is 18.4. The molecule has 10 aromatic carbocycles. The quantitative estimate of drug-likeness (QED) is 0.164. The van der Waals surface area contributed by atoms with E-state index in [-0.39, 0.29) is 0 Å². The lowest BCUT2D eigenvalue weighted by atomic mass is 9.86. The van der Waals surface area contributed by atoms with Crippen LogP contribution in [0.15, 0.2) is 200 Å². The van der Waals surface area contributed by atoms with E-state index in [1.807, 2.05) is 0 Å². The maximum absolute atomic E-state index is 2.51. The van der Waals surface area contributed by atoms with Crippen LogP contribution >= 0.6 is 0 Å². The maximum atomic E-state index is 2.51. The third kappa shape index (κ3) is 4.51. The number of hydrogen-bond acceptors (Lipinski definition) is 0. The Morgan fingerprint density at radius 2 is 0.811 bits per heavy atom. The summed E-state index contributed by atoms with van der Waals surface area (Å²) in [6.07, 6.45) is 0. The van der Waals surface area contributed by atoms with Crippen molar-refractivity contribution < 1.29 is 0 Å². The van der Waals surface area contributed by atoms with Crippen LogP contribution in [0.25, 0.3) is 104 Å². The minimum Gasteiger partial charge on any atom is -0.309 e.